The first-order valence-electron chi connectivity index (χ1n) is 8.53. The molecule has 2 aromatic carbocycles. The predicted octanol–water partition coefficient (Wildman–Crippen LogP) is 4.72. The van der Waals surface area contributed by atoms with Gasteiger partial charge in [-0.3, -0.25) is 4.79 Å². The Bertz CT molecular complexity index is 1140. The van der Waals surface area contributed by atoms with Crippen LogP contribution < -0.4 is 5.43 Å². The molecule has 0 aliphatic heterocycles. The van der Waals surface area contributed by atoms with Crippen molar-refractivity contribution in [2.75, 3.05) is 0 Å². The molecule has 5 heteroatoms. The highest BCUT2D eigenvalue weighted by molar-refractivity contribution is 9.10. The number of aromatic nitrogens is 3. The summed E-state index contributed by atoms with van der Waals surface area (Å²) in [5, 5.41) is 5.43. The summed E-state index contributed by atoms with van der Waals surface area (Å²) in [6.45, 7) is 2.03. The van der Waals surface area contributed by atoms with Crippen molar-refractivity contribution in [2.24, 2.45) is 7.05 Å². The van der Waals surface area contributed by atoms with E-state index >= 15 is 0 Å². The Hall–Kier alpha value is -2.66. The summed E-state index contributed by atoms with van der Waals surface area (Å²) >= 11 is 3.46. The lowest BCUT2D eigenvalue weighted by atomic mass is 10.1. The maximum atomic E-state index is 12.9. The van der Waals surface area contributed by atoms with Crippen LogP contribution in [0.15, 0.2) is 69.9 Å². The van der Waals surface area contributed by atoms with Gasteiger partial charge in [-0.25, -0.2) is 4.68 Å². The summed E-state index contributed by atoms with van der Waals surface area (Å²) in [6, 6.07) is 19.6. The summed E-state index contributed by atoms with van der Waals surface area (Å²) < 4.78 is 4.94. The summed E-state index contributed by atoms with van der Waals surface area (Å²) in [7, 11) is 1.99. The van der Waals surface area contributed by atoms with Crippen LogP contribution in [0.3, 0.4) is 0 Å². The van der Waals surface area contributed by atoms with Crippen molar-refractivity contribution < 1.29 is 0 Å². The second kappa shape index (κ2) is 6.57. The molecule has 0 aliphatic rings. The van der Waals surface area contributed by atoms with Gasteiger partial charge >= 0.3 is 0 Å². The van der Waals surface area contributed by atoms with Gasteiger partial charge in [0.25, 0.3) is 0 Å². The fourth-order valence-electron chi connectivity index (χ4n) is 3.32. The van der Waals surface area contributed by atoms with Crippen molar-refractivity contribution in [3.05, 3.63) is 81.1 Å². The number of fused-ring (bicyclic) bond motifs is 1. The standard InChI is InChI=1S/C21H18BrN3O/c1-3-17-20-19(26)13-18(14-9-11-15(22)12-10-14)24(2)21(20)25(23-17)16-7-5-4-6-8-16/h4-13H,3H2,1-2H3. The maximum Gasteiger partial charge on any atom is 0.193 e. The third kappa shape index (κ3) is 2.69. The van der Waals surface area contributed by atoms with Gasteiger partial charge in [0.2, 0.25) is 0 Å². The number of pyridine rings is 1. The van der Waals surface area contributed by atoms with Crippen molar-refractivity contribution in [2.45, 2.75) is 13.3 Å². The van der Waals surface area contributed by atoms with Crippen molar-refractivity contribution >= 4 is 27.0 Å². The highest BCUT2D eigenvalue weighted by Crippen LogP contribution is 2.26. The van der Waals surface area contributed by atoms with Crippen LogP contribution in [-0.4, -0.2) is 14.3 Å². The molecule has 2 aromatic heterocycles. The molecule has 0 spiro atoms. The number of nitrogens with zero attached hydrogens (tertiary/aromatic N) is 3. The number of aryl methyl sites for hydroxylation is 2. The SMILES string of the molecule is CCc1nn(-c2ccccc2)c2c1c(=O)cc(-c1ccc(Br)cc1)n2C. The molecule has 2 heterocycles. The van der Waals surface area contributed by atoms with E-state index in [1.54, 1.807) is 6.07 Å². The molecule has 0 N–H and O–H groups in total. The van der Waals surface area contributed by atoms with E-state index in [0.29, 0.717) is 11.8 Å². The van der Waals surface area contributed by atoms with Crippen LogP contribution >= 0.6 is 15.9 Å². The summed E-state index contributed by atoms with van der Waals surface area (Å²) in [5.74, 6) is 0. The molecule has 0 saturated carbocycles. The van der Waals surface area contributed by atoms with Crippen LogP contribution in [0.25, 0.3) is 28.0 Å². The number of rotatable bonds is 3. The summed E-state index contributed by atoms with van der Waals surface area (Å²) in [4.78, 5) is 12.9. The molecule has 4 rings (SSSR count). The summed E-state index contributed by atoms with van der Waals surface area (Å²) in [5.41, 5.74) is 4.46. The molecule has 0 radical (unpaired) electrons. The zero-order chi connectivity index (χ0) is 18.3. The van der Waals surface area contributed by atoms with Crippen molar-refractivity contribution in [3.63, 3.8) is 0 Å². The Morgan fingerprint density at radius 1 is 1.04 bits per heavy atom. The Balaban J connectivity index is 2.08. The predicted molar refractivity (Wildman–Crippen MR) is 109 cm³/mol. The van der Waals surface area contributed by atoms with E-state index < -0.39 is 0 Å². The summed E-state index contributed by atoms with van der Waals surface area (Å²) in [6.07, 6.45) is 0.712. The molecule has 0 amide bonds. The van der Waals surface area contributed by atoms with E-state index in [0.717, 1.165) is 32.8 Å². The minimum atomic E-state index is 0.00931. The van der Waals surface area contributed by atoms with E-state index in [4.69, 9.17) is 5.10 Å². The third-order valence-electron chi connectivity index (χ3n) is 4.60. The number of halogens is 1. The van der Waals surface area contributed by atoms with E-state index in [2.05, 4.69) is 20.5 Å². The number of hydrogen-bond acceptors (Lipinski definition) is 2. The van der Waals surface area contributed by atoms with Crippen LogP contribution in [0.1, 0.15) is 12.6 Å². The Morgan fingerprint density at radius 2 is 1.73 bits per heavy atom. The van der Waals surface area contributed by atoms with E-state index in [1.807, 2.05) is 73.3 Å². The first-order chi connectivity index (χ1) is 12.6. The second-order valence-corrected chi connectivity index (χ2v) is 7.12. The van der Waals surface area contributed by atoms with Gasteiger partial charge in [0, 0.05) is 17.6 Å². The van der Waals surface area contributed by atoms with Crippen LogP contribution in [0.4, 0.5) is 0 Å². The number of hydrogen-bond donors (Lipinski definition) is 0. The fraction of sp³-hybridized carbons (Fsp3) is 0.143. The average Bonchev–Trinajstić information content (AvgIpc) is 3.07. The van der Waals surface area contributed by atoms with Crippen LogP contribution in [0, 0.1) is 0 Å². The molecule has 4 aromatic rings. The molecule has 0 aliphatic carbocycles. The van der Waals surface area contributed by atoms with Crippen LogP contribution in [0.2, 0.25) is 0 Å². The molecule has 0 fully saturated rings. The van der Waals surface area contributed by atoms with E-state index in [-0.39, 0.29) is 5.43 Å². The van der Waals surface area contributed by atoms with Crippen LogP contribution in [0.5, 0.6) is 0 Å². The highest BCUT2D eigenvalue weighted by atomic mass is 79.9. The Kier molecular flexibility index (Phi) is 4.24. The smallest absolute Gasteiger partial charge is 0.193 e. The van der Waals surface area contributed by atoms with Gasteiger partial charge in [0.15, 0.2) is 5.43 Å². The zero-order valence-electron chi connectivity index (χ0n) is 14.6. The largest absolute Gasteiger partial charge is 0.328 e. The maximum absolute atomic E-state index is 12.9. The number of benzene rings is 2. The van der Waals surface area contributed by atoms with E-state index in [1.165, 1.54) is 0 Å². The van der Waals surface area contributed by atoms with Crippen molar-refractivity contribution in [1.82, 2.24) is 14.3 Å². The molecule has 130 valence electrons. The monoisotopic (exact) mass is 407 g/mol. The van der Waals surface area contributed by atoms with E-state index in [9.17, 15) is 4.79 Å². The molecule has 0 unspecified atom stereocenters. The van der Waals surface area contributed by atoms with Gasteiger partial charge in [-0.05, 0) is 36.2 Å². The van der Waals surface area contributed by atoms with Gasteiger partial charge in [0.1, 0.15) is 5.65 Å². The van der Waals surface area contributed by atoms with Crippen molar-refractivity contribution in [1.29, 1.82) is 0 Å². The first kappa shape index (κ1) is 16.8. The zero-order valence-corrected chi connectivity index (χ0v) is 16.2. The molecule has 0 saturated heterocycles. The molecule has 26 heavy (non-hydrogen) atoms. The second-order valence-electron chi connectivity index (χ2n) is 6.21. The minimum Gasteiger partial charge on any atom is -0.328 e. The lowest BCUT2D eigenvalue weighted by Crippen LogP contribution is -2.11. The fourth-order valence-corrected chi connectivity index (χ4v) is 3.58. The van der Waals surface area contributed by atoms with Crippen molar-refractivity contribution in [3.8, 4) is 16.9 Å². The lowest BCUT2D eigenvalue weighted by molar-refractivity contribution is 0.820. The topological polar surface area (TPSA) is 39.8 Å². The van der Waals surface area contributed by atoms with Crippen LogP contribution in [-0.2, 0) is 13.5 Å². The first-order valence-corrected chi connectivity index (χ1v) is 9.32. The Morgan fingerprint density at radius 3 is 2.38 bits per heavy atom. The lowest BCUT2D eigenvalue weighted by Gasteiger charge is -2.13. The van der Waals surface area contributed by atoms with Gasteiger partial charge in [-0.1, -0.05) is 53.2 Å². The average molecular weight is 408 g/mol. The van der Waals surface area contributed by atoms with Gasteiger partial charge in [-0.2, -0.15) is 5.10 Å². The van der Waals surface area contributed by atoms with Gasteiger partial charge < -0.3 is 4.57 Å². The Labute approximate surface area is 159 Å². The normalized spacial score (nSPS) is 11.2. The molecular weight excluding hydrogens is 390 g/mol. The minimum absolute atomic E-state index is 0.00931. The third-order valence-corrected chi connectivity index (χ3v) is 5.13. The molecule has 0 atom stereocenters. The number of para-hydroxylation sites is 1. The van der Waals surface area contributed by atoms with Gasteiger partial charge in [-0.15, -0.1) is 0 Å². The quantitative estimate of drug-likeness (QED) is 0.492. The molecule has 4 nitrogen and oxygen atoms in total. The highest BCUT2D eigenvalue weighted by Gasteiger charge is 2.18. The molecular formula is C21H18BrN3O. The van der Waals surface area contributed by atoms with Gasteiger partial charge in [0.05, 0.1) is 22.5 Å². The molecule has 0 bridgehead atoms.